The number of rotatable bonds is 4. The number of fused-ring (bicyclic) bond motifs is 3. The van der Waals surface area contributed by atoms with Crippen molar-refractivity contribution in [1.82, 2.24) is 15.0 Å². The van der Waals surface area contributed by atoms with Gasteiger partial charge in [0.15, 0.2) is 11.5 Å². The number of nitrogens with zero attached hydrogens (tertiary/aromatic N) is 4. The summed E-state index contributed by atoms with van der Waals surface area (Å²) in [6.45, 7) is 4.16. The largest absolute Gasteiger partial charge is 0.493 e. The number of benzene rings is 1. The van der Waals surface area contributed by atoms with Gasteiger partial charge in [-0.25, -0.2) is 0 Å². The van der Waals surface area contributed by atoms with E-state index in [1.807, 2.05) is 12.1 Å². The Morgan fingerprint density at radius 1 is 0.793 bits per heavy atom. The third-order valence-corrected chi connectivity index (χ3v) is 6.22. The lowest BCUT2D eigenvalue weighted by Crippen LogP contribution is -2.33. The van der Waals surface area contributed by atoms with Gasteiger partial charge in [0.25, 0.3) is 0 Å². The topological polar surface area (TPSA) is 66.5 Å². The summed E-state index contributed by atoms with van der Waals surface area (Å²) in [5.74, 6) is 3.35. The summed E-state index contributed by atoms with van der Waals surface area (Å²) in [4.78, 5) is 18.4. The van der Waals surface area contributed by atoms with E-state index in [9.17, 15) is 0 Å². The fraction of sp³-hybridized carbons (Fsp3) is 0.545. The summed E-state index contributed by atoms with van der Waals surface area (Å²) in [6.07, 6.45) is 7.43. The van der Waals surface area contributed by atoms with E-state index in [0.29, 0.717) is 0 Å². The van der Waals surface area contributed by atoms with Crippen molar-refractivity contribution in [3.8, 4) is 11.5 Å². The first kappa shape index (κ1) is 18.3. The van der Waals surface area contributed by atoms with Crippen molar-refractivity contribution in [2.75, 3.05) is 50.2 Å². The summed E-state index contributed by atoms with van der Waals surface area (Å²) in [5, 5.41) is 2.17. The summed E-state index contributed by atoms with van der Waals surface area (Å²) in [5.41, 5.74) is 1.90. The van der Waals surface area contributed by atoms with Crippen LogP contribution in [0.4, 0.5) is 11.8 Å². The SMILES string of the molecule is COc1cc2[nH]c3nc(N4CCCCC4)nc(N4CCCCC4)c3c2cc1OC. The van der Waals surface area contributed by atoms with Gasteiger partial charge < -0.3 is 24.3 Å². The monoisotopic (exact) mass is 395 g/mol. The van der Waals surface area contributed by atoms with Gasteiger partial charge in [0.05, 0.1) is 25.1 Å². The molecule has 0 aliphatic carbocycles. The second-order valence-electron chi connectivity index (χ2n) is 8.04. The number of aromatic amines is 1. The molecule has 2 aromatic heterocycles. The average molecular weight is 396 g/mol. The second-order valence-corrected chi connectivity index (χ2v) is 8.04. The van der Waals surface area contributed by atoms with Gasteiger partial charge in [0.2, 0.25) is 5.95 Å². The second kappa shape index (κ2) is 7.61. The zero-order chi connectivity index (χ0) is 19.8. The normalized spacial score (nSPS) is 17.9. The molecule has 2 saturated heterocycles. The van der Waals surface area contributed by atoms with Crippen LogP contribution in [0.3, 0.4) is 0 Å². The Hall–Kier alpha value is -2.70. The van der Waals surface area contributed by atoms with Crippen LogP contribution in [0.5, 0.6) is 11.5 Å². The fourth-order valence-corrected chi connectivity index (χ4v) is 4.66. The molecule has 0 atom stereocenters. The van der Waals surface area contributed by atoms with Crippen LogP contribution < -0.4 is 19.3 Å². The minimum absolute atomic E-state index is 0.718. The van der Waals surface area contributed by atoms with Gasteiger partial charge >= 0.3 is 0 Å². The summed E-state index contributed by atoms with van der Waals surface area (Å²) in [6, 6.07) is 4.04. The molecular weight excluding hydrogens is 366 g/mol. The first-order chi connectivity index (χ1) is 14.3. The third kappa shape index (κ3) is 3.22. The first-order valence-electron chi connectivity index (χ1n) is 10.7. The third-order valence-electron chi connectivity index (χ3n) is 6.22. The lowest BCUT2D eigenvalue weighted by atomic mass is 10.1. The van der Waals surface area contributed by atoms with E-state index in [-0.39, 0.29) is 0 Å². The first-order valence-corrected chi connectivity index (χ1v) is 10.7. The van der Waals surface area contributed by atoms with Crippen molar-refractivity contribution < 1.29 is 9.47 Å². The lowest BCUT2D eigenvalue weighted by molar-refractivity contribution is 0.356. The van der Waals surface area contributed by atoms with Gasteiger partial charge in [0.1, 0.15) is 11.5 Å². The Morgan fingerprint density at radius 2 is 1.41 bits per heavy atom. The van der Waals surface area contributed by atoms with E-state index in [0.717, 1.165) is 71.4 Å². The quantitative estimate of drug-likeness (QED) is 0.717. The molecular formula is C22H29N5O2. The number of hydrogen-bond acceptors (Lipinski definition) is 6. The van der Waals surface area contributed by atoms with Crippen molar-refractivity contribution >= 4 is 33.7 Å². The number of methoxy groups -OCH3 is 2. The highest BCUT2D eigenvalue weighted by atomic mass is 16.5. The van der Waals surface area contributed by atoms with E-state index >= 15 is 0 Å². The number of aromatic nitrogens is 3. The number of H-pyrrole nitrogens is 1. The molecule has 5 rings (SSSR count). The smallest absolute Gasteiger partial charge is 0.229 e. The highest BCUT2D eigenvalue weighted by molar-refractivity contribution is 6.12. The van der Waals surface area contributed by atoms with Gasteiger partial charge in [-0.2, -0.15) is 9.97 Å². The van der Waals surface area contributed by atoms with Crippen LogP contribution >= 0.6 is 0 Å². The standard InChI is InChI=1S/C22H29N5O2/c1-28-17-13-15-16(14-18(17)29-2)23-20-19(15)21(26-9-5-3-6-10-26)25-22(24-20)27-11-7-4-8-12-27/h13-14H,3-12H2,1-2H3,(H,23,24,25). The molecule has 29 heavy (non-hydrogen) atoms. The number of anilines is 2. The van der Waals surface area contributed by atoms with Crippen LogP contribution in [0.25, 0.3) is 21.9 Å². The van der Waals surface area contributed by atoms with E-state index < -0.39 is 0 Å². The predicted octanol–water partition coefficient (Wildman–Crippen LogP) is 4.11. The molecule has 4 heterocycles. The highest BCUT2D eigenvalue weighted by Crippen LogP contribution is 2.39. The molecule has 3 aromatic rings. The minimum Gasteiger partial charge on any atom is -0.493 e. The summed E-state index contributed by atoms with van der Waals surface area (Å²) in [7, 11) is 3.34. The maximum Gasteiger partial charge on any atom is 0.229 e. The van der Waals surface area contributed by atoms with Crippen molar-refractivity contribution in [2.24, 2.45) is 0 Å². The van der Waals surface area contributed by atoms with Crippen LogP contribution in [0.15, 0.2) is 12.1 Å². The Kier molecular flexibility index (Phi) is 4.81. The summed E-state index contributed by atoms with van der Waals surface area (Å²) >= 11 is 0. The van der Waals surface area contributed by atoms with E-state index in [1.165, 1.54) is 38.5 Å². The predicted molar refractivity (Wildman–Crippen MR) is 117 cm³/mol. The van der Waals surface area contributed by atoms with E-state index in [2.05, 4.69) is 14.8 Å². The number of piperidine rings is 2. The highest BCUT2D eigenvalue weighted by Gasteiger charge is 2.24. The van der Waals surface area contributed by atoms with Gasteiger partial charge in [-0.3, -0.25) is 0 Å². The van der Waals surface area contributed by atoms with E-state index in [4.69, 9.17) is 19.4 Å². The van der Waals surface area contributed by atoms with Crippen LogP contribution in [0.2, 0.25) is 0 Å². The number of hydrogen-bond donors (Lipinski definition) is 1. The van der Waals surface area contributed by atoms with Crippen LogP contribution in [0.1, 0.15) is 38.5 Å². The molecule has 2 fully saturated rings. The zero-order valence-corrected chi connectivity index (χ0v) is 17.3. The molecule has 0 radical (unpaired) electrons. The molecule has 0 amide bonds. The number of nitrogens with one attached hydrogen (secondary N) is 1. The number of ether oxygens (including phenoxy) is 2. The molecule has 0 bridgehead atoms. The zero-order valence-electron chi connectivity index (χ0n) is 17.3. The summed E-state index contributed by atoms with van der Waals surface area (Å²) < 4.78 is 11.1. The van der Waals surface area contributed by atoms with Crippen molar-refractivity contribution in [3.63, 3.8) is 0 Å². The van der Waals surface area contributed by atoms with Gasteiger partial charge in [-0.1, -0.05) is 0 Å². The minimum atomic E-state index is 0.718. The molecule has 2 aliphatic heterocycles. The molecule has 1 N–H and O–H groups in total. The Morgan fingerprint density at radius 3 is 2.07 bits per heavy atom. The molecule has 154 valence electrons. The molecule has 1 aromatic carbocycles. The van der Waals surface area contributed by atoms with Crippen molar-refractivity contribution in [2.45, 2.75) is 38.5 Å². The van der Waals surface area contributed by atoms with E-state index in [1.54, 1.807) is 14.2 Å². The van der Waals surface area contributed by atoms with Crippen LogP contribution in [0, 0.1) is 0 Å². The van der Waals surface area contributed by atoms with Crippen LogP contribution in [-0.2, 0) is 0 Å². The molecule has 0 unspecified atom stereocenters. The van der Waals surface area contributed by atoms with Crippen LogP contribution in [-0.4, -0.2) is 55.4 Å². The Balaban J connectivity index is 1.73. The Bertz CT molecular complexity index is 1020. The van der Waals surface area contributed by atoms with Crippen molar-refractivity contribution in [1.29, 1.82) is 0 Å². The van der Waals surface area contributed by atoms with Gasteiger partial charge in [0, 0.05) is 37.6 Å². The maximum atomic E-state index is 5.57. The molecule has 0 saturated carbocycles. The fourth-order valence-electron chi connectivity index (χ4n) is 4.66. The van der Waals surface area contributed by atoms with Crippen molar-refractivity contribution in [3.05, 3.63) is 12.1 Å². The molecule has 7 nitrogen and oxygen atoms in total. The van der Waals surface area contributed by atoms with Gasteiger partial charge in [-0.15, -0.1) is 0 Å². The Labute approximate surface area is 171 Å². The maximum absolute atomic E-state index is 5.57. The molecule has 2 aliphatic rings. The lowest BCUT2D eigenvalue weighted by Gasteiger charge is -2.31. The molecule has 0 spiro atoms. The average Bonchev–Trinajstić information content (AvgIpc) is 3.16. The molecule has 7 heteroatoms. The van der Waals surface area contributed by atoms with Gasteiger partial charge in [-0.05, 0) is 44.6 Å².